The van der Waals surface area contributed by atoms with Crippen LogP contribution in [0.15, 0.2) is 9.85 Å². The lowest BCUT2D eigenvalue weighted by atomic mass is 10.2. The van der Waals surface area contributed by atoms with Gasteiger partial charge in [-0.1, -0.05) is 27.5 Å². The Morgan fingerprint density at radius 3 is 2.43 bits per heavy atom. The molecule has 0 amide bonds. The van der Waals surface area contributed by atoms with Gasteiger partial charge in [-0.15, -0.1) is 11.3 Å². The molecular weight excluding hydrogens is 368 g/mol. The van der Waals surface area contributed by atoms with Gasteiger partial charge in [-0.05, 0) is 22.0 Å². The van der Waals surface area contributed by atoms with Crippen molar-refractivity contribution in [3.8, 4) is 0 Å². The van der Waals surface area contributed by atoms with Crippen molar-refractivity contribution in [1.82, 2.24) is 0 Å². The number of rotatable bonds is 2. The van der Waals surface area contributed by atoms with Crippen LogP contribution in [0.1, 0.15) is 16.1 Å². The van der Waals surface area contributed by atoms with Gasteiger partial charge in [0.2, 0.25) is 0 Å². The molecule has 1 atom stereocenters. The Kier molecular flexibility index (Phi) is 4.32. The molecule has 0 fully saturated rings. The Labute approximate surface area is 105 Å². The van der Waals surface area contributed by atoms with Crippen molar-refractivity contribution in [3.05, 3.63) is 19.8 Å². The van der Waals surface area contributed by atoms with Crippen LogP contribution in [0.25, 0.3) is 0 Å². The molecule has 0 aliphatic carbocycles. The van der Waals surface area contributed by atoms with Crippen molar-refractivity contribution in [2.24, 2.45) is 0 Å². The van der Waals surface area contributed by atoms with Gasteiger partial charge in [-0.25, -0.2) is 0 Å². The van der Waals surface area contributed by atoms with E-state index in [-0.39, 0.29) is 0 Å². The molecule has 0 radical (unpaired) electrons. The van der Waals surface area contributed by atoms with Crippen LogP contribution in [0, 0.1) is 0 Å². The van der Waals surface area contributed by atoms with E-state index < -0.39 is 17.4 Å². The van der Waals surface area contributed by atoms with Crippen LogP contribution in [0.3, 0.4) is 0 Å². The first-order chi connectivity index (χ1) is 6.29. The zero-order valence-electron chi connectivity index (χ0n) is 6.54. The lowest BCUT2D eigenvalue weighted by Crippen LogP contribution is -2.09. The zero-order chi connectivity index (χ0) is 10.9. The average Bonchev–Trinajstić information content (AvgIpc) is 2.28. The van der Waals surface area contributed by atoms with Gasteiger partial charge >= 0.3 is 6.18 Å². The highest BCUT2D eigenvalue weighted by molar-refractivity contribution is 9.11. The van der Waals surface area contributed by atoms with Crippen molar-refractivity contribution in [1.29, 1.82) is 0 Å². The minimum Gasteiger partial charge on any atom is -0.171 e. The number of thiophene rings is 1. The molecular formula is C7H4Br2ClF3S. The van der Waals surface area contributed by atoms with Crippen LogP contribution in [0.2, 0.25) is 5.02 Å². The summed E-state index contributed by atoms with van der Waals surface area (Å²) in [6, 6.07) is 1.53. The second-order valence-electron chi connectivity index (χ2n) is 2.56. The van der Waals surface area contributed by atoms with E-state index in [0.29, 0.717) is 13.7 Å². The third-order valence-corrected chi connectivity index (χ3v) is 5.09. The van der Waals surface area contributed by atoms with Gasteiger partial charge in [0.15, 0.2) is 0 Å². The summed E-state index contributed by atoms with van der Waals surface area (Å²) in [7, 11) is 0. The van der Waals surface area contributed by atoms with E-state index in [0.717, 1.165) is 0 Å². The van der Waals surface area contributed by atoms with E-state index in [9.17, 15) is 13.2 Å². The number of hydrogen-bond donors (Lipinski definition) is 0. The Hall–Kier alpha value is 0.740. The topological polar surface area (TPSA) is 0 Å². The molecule has 1 aromatic rings. The summed E-state index contributed by atoms with van der Waals surface area (Å²) in [6.45, 7) is 0. The summed E-state index contributed by atoms with van der Waals surface area (Å²) in [5.74, 6) is 0. The molecule has 0 N–H and O–H groups in total. The number of hydrogen-bond acceptors (Lipinski definition) is 1. The Bertz CT molecular complexity index is 304. The van der Waals surface area contributed by atoms with Gasteiger partial charge in [0.05, 0.1) is 20.1 Å². The largest absolute Gasteiger partial charge is 0.390 e. The van der Waals surface area contributed by atoms with E-state index >= 15 is 0 Å². The van der Waals surface area contributed by atoms with E-state index in [4.69, 9.17) is 11.6 Å². The highest BCUT2D eigenvalue weighted by atomic mass is 79.9. The summed E-state index contributed by atoms with van der Waals surface area (Å²) < 4.78 is 36.7. The van der Waals surface area contributed by atoms with E-state index in [1.807, 2.05) is 0 Å². The smallest absolute Gasteiger partial charge is 0.171 e. The van der Waals surface area contributed by atoms with Gasteiger partial charge < -0.3 is 0 Å². The highest BCUT2D eigenvalue weighted by Crippen LogP contribution is 2.42. The average molecular weight is 372 g/mol. The molecule has 80 valence electrons. The number of halogens is 6. The first-order valence-corrected chi connectivity index (χ1v) is 6.35. The summed E-state index contributed by atoms with van der Waals surface area (Å²) in [5.41, 5.74) is 0. The summed E-state index contributed by atoms with van der Waals surface area (Å²) >= 11 is 13.0. The fraction of sp³-hybridized carbons (Fsp3) is 0.429. The molecule has 7 heteroatoms. The van der Waals surface area contributed by atoms with E-state index in [1.165, 1.54) is 17.4 Å². The molecule has 0 bridgehead atoms. The van der Waals surface area contributed by atoms with Gasteiger partial charge in [0.25, 0.3) is 0 Å². The molecule has 0 spiro atoms. The molecule has 0 nitrogen and oxygen atoms in total. The summed E-state index contributed by atoms with van der Waals surface area (Å²) in [4.78, 5) is -0.157. The molecule has 0 aliphatic heterocycles. The van der Waals surface area contributed by atoms with Crippen LogP contribution in [-0.2, 0) is 0 Å². The third kappa shape index (κ3) is 3.72. The van der Waals surface area contributed by atoms with Gasteiger partial charge in [0, 0.05) is 4.88 Å². The van der Waals surface area contributed by atoms with Crippen molar-refractivity contribution in [2.75, 3.05) is 0 Å². The Morgan fingerprint density at radius 1 is 1.50 bits per heavy atom. The highest BCUT2D eigenvalue weighted by Gasteiger charge is 2.32. The van der Waals surface area contributed by atoms with E-state index in [2.05, 4.69) is 31.9 Å². The van der Waals surface area contributed by atoms with Crippen LogP contribution >= 0.6 is 54.8 Å². The van der Waals surface area contributed by atoms with Crippen LogP contribution in [0.5, 0.6) is 0 Å². The first kappa shape index (κ1) is 12.8. The molecule has 0 saturated carbocycles. The molecule has 0 saturated heterocycles. The quantitative estimate of drug-likeness (QED) is 0.597. The summed E-state index contributed by atoms with van der Waals surface area (Å²) in [5, 5.41) is 0.441. The van der Waals surface area contributed by atoms with Crippen molar-refractivity contribution in [2.45, 2.75) is 17.4 Å². The summed E-state index contributed by atoms with van der Waals surface area (Å²) in [6.07, 6.45) is -5.06. The maximum Gasteiger partial charge on any atom is 0.390 e. The fourth-order valence-corrected chi connectivity index (χ4v) is 3.33. The predicted molar refractivity (Wildman–Crippen MR) is 59.4 cm³/mol. The van der Waals surface area contributed by atoms with Gasteiger partial charge in [-0.2, -0.15) is 13.2 Å². The minimum atomic E-state index is -4.17. The normalized spacial score (nSPS) is 14.4. The van der Waals surface area contributed by atoms with Gasteiger partial charge in [0.1, 0.15) is 0 Å². The number of alkyl halides is 4. The van der Waals surface area contributed by atoms with Crippen LogP contribution in [0.4, 0.5) is 13.2 Å². The minimum absolute atomic E-state index is 0.441. The molecule has 1 aromatic heterocycles. The van der Waals surface area contributed by atoms with Crippen molar-refractivity contribution >= 4 is 54.8 Å². The monoisotopic (exact) mass is 370 g/mol. The van der Waals surface area contributed by atoms with Crippen LogP contribution < -0.4 is 0 Å². The maximum absolute atomic E-state index is 12.0. The Morgan fingerprint density at radius 2 is 2.07 bits per heavy atom. The predicted octanol–water partition coefficient (Wildman–Crippen LogP) is 5.55. The van der Waals surface area contributed by atoms with Crippen molar-refractivity contribution in [3.63, 3.8) is 0 Å². The molecule has 1 heterocycles. The van der Waals surface area contributed by atoms with E-state index in [1.54, 1.807) is 0 Å². The second-order valence-corrected chi connectivity index (χ2v) is 6.47. The van der Waals surface area contributed by atoms with Crippen molar-refractivity contribution < 1.29 is 13.2 Å². The molecule has 1 rings (SSSR count). The molecule has 0 aromatic carbocycles. The van der Waals surface area contributed by atoms with Gasteiger partial charge in [-0.3, -0.25) is 0 Å². The maximum atomic E-state index is 12.0. The standard InChI is InChI=1S/C7H4Br2ClF3S/c8-3(2-7(11,12)13)5-1-4(10)6(9)14-5/h1,3H,2H2. The lowest BCUT2D eigenvalue weighted by Gasteiger charge is -2.10. The third-order valence-electron chi connectivity index (χ3n) is 1.38. The first-order valence-electron chi connectivity index (χ1n) is 3.45. The lowest BCUT2D eigenvalue weighted by molar-refractivity contribution is -0.134. The molecule has 14 heavy (non-hydrogen) atoms. The second kappa shape index (κ2) is 4.72. The zero-order valence-corrected chi connectivity index (χ0v) is 11.3. The Balaban J connectivity index is 2.75. The molecule has 1 unspecified atom stereocenters. The SMILES string of the molecule is FC(F)(F)CC(Br)c1cc(Cl)c(Br)s1. The fourth-order valence-electron chi connectivity index (χ4n) is 0.821. The molecule has 0 aliphatic rings. The van der Waals surface area contributed by atoms with Crippen LogP contribution in [-0.4, -0.2) is 6.18 Å².